The molecular weight excluding hydrogens is 294 g/mol. The SMILES string of the molecule is CC(O)C1CCN(c2ccc(C=O)c(Br)c2)CC1. The molecule has 0 spiro atoms. The highest BCUT2D eigenvalue weighted by Gasteiger charge is 2.22. The Balaban J connectivity index is 2.05. The Labute approximate surface area is 116 Å². The van der Waals surface area contributed by atoms with Crippen LogP contribution in [0.1, 0.15) is 30.1 Å². The zero-order chi connectivity index (χ0) is 13.1. The molecule has 4 heteroatoms. The molecule has 1 atom stereocenters. The van der Waals surface area contributed by atoms with Crippen molar-refractivity contribution >= 4 is 27.9 Å². The number of piperidine rings is 1. The molecule has 1 aromatic carbocycles. The first-order valence-electron chi connectivity index (χ1n) is 6.29. The number of anilines is 1. The third-order valence-electron chi connectivity index (χ3n) is 3.70. The summed E-state index contributed by atoms with van der Waals surface area (Å²) in [5.41, 5.74) is 1.81. The van der Waals surface area contributed by atoms with Gasteiger partial charge >= 0.3 is 0 Å². The summed E-state index contributed by atoms with van der Waals surface area (Å²) in [5, 5.41) is 9.58. The zero-order valence-corrected chi connectivity index (χ0v) is 12.1. The van der Waals surface area contributed by atoms with Gasteiger partial charge in [0, 0.05) is 28.8 Å². The minimum absolute atomic E-state index is 0.212. The molecule has 0 bridgehead atoms. The number of carbonyl (C=O) groups excluding carboxylic acids is 1. The monoisotopic (exact) mass is 311 g/mol. The van der Waals surface area contributed by atoms with Crippen LogP contribution in [0.25, 0.3) is 0 Å². The van der Waals surface area contributed by atoms with Gasteiger partial charge in [0.15, 0.2) is 6.29 Å². The highest BCUT2D eigenvalue weighted by atomic mass is 79.9. The van der Waals surface area contributed by atoms with E-state index in [2.05, 4.69) is 20.8 Å². The summed E-state index contributed by atoms with van der Waals surface area (Å²) in [6, 6.07) is 5.82. The lowest BCUT2D eigenvalue weighted by atomic mass is 9.92. The third-order valence-corrected chi connectivity index (χ3v) is 4.38. The fourth-order valence-corrected chi connectivity index (χ4v) is 2.91. The molecule has 98 valence electrons. The van der Waals surface area contributed by atoms with E-state index >= 15 is 0 Å². The molecule has 0 radical (unpaired) electrons. The van der Waals surface area contributed by atoms with Crippen LogP contribution in [0.4, 0.5) is 5.69 Å². The van der Waals surface area contributed by atoms with Gasteiger partial charge in [0.2, 0.25) is 0 Å². The van der Waals surface area contributed by atoms with Crippen molar-refractivity contribution in [2.24, 2.45) is 5.92 Å². The van der Waals surface area contributed by atoms with Gasteiger partial charge in [0.25, 0.3) is 0 Å². The molecule has 1 aliphatic rings. The second-order valence-electron chi connectivity index (χ2n) is 4.89. The fourth-order valence-electron chi connectivity index (χ4n) is 2.45. The van der Waals surface area contributed by atoms with Gasteiger partial charge < -0.3 is 10.0 Å². The summed E-state index contributed by atoms with van der Waals surface area (Å²) in [7, 11) is 0. The molecule has 18 heavy (non-hydrogen) atoms. The summed E-state index contributed by atoms with van der Waals surface area (Å²) in [6.07, 6.45) is 2.68. The van der Waals surface area contributed by atoms with Crippen molar-refractivity contribution in [3.05, 3.63) is 28.2 Å². The van der Waals surface area contributed by atoms with Crippen molar-refractivity contribution in [3.8, 4) is 0 Å². The lowest BCUT2D eigenvalue weighted by molar-refractivity contribution is 0.109. The van der Waals surface area contributed by atoms with Crippen LogP contribution in [0.2, 0.25) is 0 Å². The fraction of sp³-hybridized carbons (Fsp3) is 0.500. The van der Waals surface area contributed by atoms with Crippen LogP contribution in [0, 0.1) is 5.92 Å². The molecule has 1 aromatic rings. The van der Waals surface area contributed by atoms with Gasteiger partial charge in [0.1, 0.15) is 0 Å². The third kappa shape index (κ3) is 2.93. The van der Waals surface area contributed by atoms with E-state index in [1.54, 1.807) is 0 Å². The molecule has 3 nitrogen and oxygen atoms in total. The highest BCUT2D eigenvalue weighted by Crippen LogP contribution is 2.28. The van der Waals surface area contributed by atoms with Crippen molar-refractivity contribution in [1.29, 1.82) is 0 Å². The molecule has 1 heterocycles. The standard InChI is InChI=1S/C14H18BrNO2/c1-10(18)11-4-6-16(7-5-11)13-3-2-12(9-17)14(15)8-13/h2-3,8-11,18H,4-7H2,1H3. The molecule has 1 unspecified atom stereocenters. The molecule has 0 aromatic heterocycles. The maximum absolute atomic E-state index is 10.8. The lowest BCUT2D eigenvalue weighted by Crippen LogP contribution is -2.37. The van der Waals surface area contributed by atoms with Crippen molar-refractivity contribution in [1.82, 2.24) is 0 Å². The largest absolute Gasteiger partial charge is 0.393 e. The van der Waals surface area contributed by atoms with Gasteiger partial charge in [-0.1, -0.05) is 0 Å². The Morgan fingerprint density at radius 3 is 2.61 bits per heavy atom. The molecule has 1 fully saturated rings. The molecule has 1 aliphatic heterocycles. The van der Waals surface area contributed by atoms with Crippen molar-refractivity contribution in [2.45, 2.75) is 25.9 Å². The van der Waals surface area contributed by atoms with Crippen LogP contribution in [0.15, 0.2) is 22.7 Å². The first-order valence-corrected chi connectivity index (χ1v) is 7.09. The highest BCUT2D eigenvalue weighted by molar-refractivity contribution is 9.10. The summed E-state index contributed by atoms with van der Waals surface area (Å²) in [4.78, 5) is 13.1. The molecule has 1 N–H and O–H groups in total. The van der Waals surface area contributed by atoms with Gasteiger partial charge in [-0.15, -0.1) is 0 Å². The average Bonchev–Trinajstić information content (AvgIpc) is 2.38. The Morgan fingerprint density at radius 1 is 1.44 bits per heavy atom. The maximum atomic E-state index is 10.8. The number of rotatable bonds is 3. The first kappa shape index (κ1) is 13.6. The lowest BCUT2D eigenvalue weighted by Gasteiger charge is -2.35. The van der Waals surface area contributed by atoms with Gasteiger partial charge in [0.05, 0.1) is 6.10 Å². The number of nitrogens with zero attached hydrogens (tertiary/aromatic N) is 1. The van der Waals surface area contributed by atoms with Crippen LogP contribution in [0.5, 0.6) is 0 Å². The van der Waals surface area contributed by atoms with E-state index in [9.17, 15) is 9.90 Å². The smallest absolute Gasteiger partial charge is 0.151 e. The molecule has 2 rings (SSSR count). The Morgan fingerprint density at radius 2 is 2.11 bits per heavy atom. The van der Waals surface area contributed by atoms with E-state index in [4.69, 9.17) is 0 Å². The Hall–Kier alpha value is -0.870. The topological polar surface area (TPSA) is 40.5 Å². The number of carbonyl (C=O) groups is 1. The van der Waals surface area contributed by atoms with Crippen LogP contribution in [-0.4, -0.2) is 30.6 Å². The predicted molar refractivity (Wildman–Crippen MR) is 76.1 cm³/mol. The minimum atomic E-state index is -0.212. The molecule has 0 aliphatic carbocycles. The number of aliphatic hydroxyl groups excluding tert-OH is 1. The second kappa shape index (κ2) is 5.85. The number of benzene rings is 1. The minimum Gasteiger partial charge on any atom is -0.393 e. The number of aliphatic hydroxyl groups is 1. The second-order valence-corrected chi connectivity index (χ2v) is 5.74. The van der Waals surface area contributed by atoms with Crippen LogP contribution >= 0.6 is 15.9 Å². The maximum Gasteiger partial charge on any atom is 0.151 e. The molecule has 0 amide bonds. The first-order chi connectivity index (χ1) is 8.61. The van der Waals surface area contributed by atoms with E-state index in [1.807, 2.05) is 25.1 Å². The van der Waals surface area contributed by atoms with Gasteiger partial charge in [-0.2, -0.15) is 0 Å². The number of hydrogen-bond acceptors (Lipinski definition) is 3. The molecular formula is C14H18BrNO2. The molecule has 0 saturated carbocycles. The van der Waals surface area contributed by atoms with Crippen LogP contribution < -0.4 is 4.90 Å². The number of aldehydes is 1. The summed E-state index contributed by atoms with van der Waals surface area (Å²) >= 11 is 3.41. The van der Waals surface area contributed by atoms with Crippen molar-refractivity contribution in [3.63, 3.8) is 0 Å². The Bertz CT molecular complexity index is 426. The summed E-state index contributed by atoms with van der Waals surface area (Å²) in [6.45, 7) is 3.79. The van der Waals surface area contributed by atoms with E-state index in [0.29, 0.717) is 11.5 Å². The van der Waals surface area contributed by atoms with E-state index < -0.39 is 0 Å². The normalized spacial score (nSPS) is 18.7. The van der Waals surface area contributed by atoms with Gasteiger partial charge in [-0.05, 0) is 59.8 Å². The predicted octanol–water partition coefficient (Wildman–Crippen LogP) is 2.86. The molecule has 1 saturated heterocycles. The van der Waals surface area contributed by atoms with Crippen molar-refractivity contribution in [2.75, 3.05) is 18.0 Å². The average molecular weight is 312 g/mol. The quantitative estimate of drug-likeness (QED) is 0.873. The van der Waals surface area contributed by atoms with Crippen LogP contribution in [-0.2, 0) is 0 Å². The van der Waals surface area contributed by atoms with Crippen LogP contribution in [0.3, 0.4) is 0 Å². The van der Waals surface area contributed by atoms with E-state index in [1.165, 1.54) is 0 Å². The summed E-state index contributed by atoms with van der Waals surface area (Å²) in [5.74, 6) is 0.416. The number of hydrogen-bond donors (Lipinski definition) is 1. The summed E-state index contributed by atoms with van der Waals surface area (Å²) < 4.78 is 0.840. The van der Waals surface area contributed by atoms with Gasteiger partial charge in [-0.3, -0.25) is 4.79 Å². The Kier molecular flexibility index (Phi) is 4.40. The van der Waals surface area contributed by atoms with Crippen molar-refractivity contribution < 1.29 is 9.90 Å². The van der Waals surface area contributed by atoms with E-state index in [0.717, 1.165) is 42.4 Å². The van der Waals surface area contributed by atoms with Gasteiger partial charge in [-0.25, -0.2) is 0 Å². The number of halogens is 1. The van der Waals surface area contributed by atoms with E-state index in [-0.39, 0.29) is 6.10 Å². The zero-order valence-electron chi connectivity index (χ0n) is 10.5.